The van der Waals surface area contributed by atoms with Gasteiger partial charge >= 0.3 is 0 Å². The third-order valence-electron chi connectivity index (χ3n) is 10.5. The molecule has 0 saturated carbocycles. The van der Waals surface area contributed by atoms with Crippen molar-refractivity contribution in [1.29, 1.82) is 0 Å². The Kier molecular flexibility index (Phi) is 10.7. The van der Waals surface area contributed by atoms with Gasteiger partial charge < -0.3 is 9.80 Å². The van der Waals surface area contributed by atoms with Crippen LogP contribution in [-0.4, -0.2) is 0 Å². The Bertz CT molecular complexity index is 2490. The monoisotopic (exact) mass is 736 g/mol. The molecule has 0 aliphatic carbocycles. The van der Waals surface area contributed by atoms with Gasteiger partial charge in [0.15, 0.2) is 0 Å². The Morgan fingerprint density at radius 3 is 0.930 bits per heavy atom. The molecule has 0 bridgehead atoms. The molecule has 0 atom stereocenters. The summed E-state index contributed by atoms with van der Waals surface area (Å²) in [6.45, 7) is 8.90. The summed E-state index contributed by atoms with van der Waals surface area (Å²) < 4.78 is 0. The van der Waals surface area contributed by atoms with E-state index in [2.05, 4.69) is 256 Å². The van der Waals surface area contributed by atoms with Crippen molar-refractivity contribution in [1.82, 2.24) is 0 Å². The average Bonchev–Trinajstić information content (AvgIpc) is 3.25. The molecule has 8 aromatic rings. The van der Waals surface area contributed by atoms with Gasteiger partial charge in [-0.2, -0.15) is 0 Å². The average molecular weight is 737 g/mol. The van der Waals surface area contributed by atoms with Crippen molar-refractivity contribution in [3.05, 3.63) is 229 Å². The summed E-state index contributed by atoms with van der Waals surface area (Å²) in [5.74, 6) is 0. The summed E-state index contributed by atoms with van der Waals surface area (Å²) in [6, 6.07) is 74.1. The second kappa shape index (κ2) is 16.5. The zero-order valence-electron chi connectivity index (χ0n) is 33.2. The van der Waals surface area contributed by atoms with Crippen LogP contribution in [0.5, 0.6) is 0 Å². The van der Waals surface area contributed by atoms with E-state index in [1.165, 1.54) is 44.5 Å². The second-order valence-corrected chi connectivity index (χ2v) is 15.6. The van der Waals surface area contributed by atoms with Gasteiger partial charge in [0.25, 0.3) is 0 Å². The maximum Gasteiger partial charge on any atom is 0.0462 e. The van der Waals surface area contributed by atoms with Crippen molar-refractivity contribution < 1.29 is 0 Å². The standard InChI is InChI=1S/C55H48N2/c1-41-15-33-51(34-16-41)57(54-39-31-48(32-40-54)55(2,3)4)53-37-29-47(30-38-53)45-25-21-43(22-26-45)18-17-42-19-23-44(24-20-42)46-27-35-52(36-28-46)56(49-11-7-5-8-12-49)50-13-9-6-10-14-50/h5-40H,1-4H3/b18-17+. The first-order chi connectivity index (χ1) is 27.8. The molecule has 0 fully saturated rings. The van der Waals surface area contributed by atoms with Gasteiger partial charge in [-0.25, -0.2) is 0 Å². The van der Waals surface area contributed by atoms with E-state index in [0.29, 0.717) is 0 Å². The minimum atomic E-state index is 0.108. The fraction of sp³-hybridized carbons (Fsp3) is 0.0909. The van der Waals surface area contributed by atoms with Crippen LogP contribution < -0.4 is 9.80 Å². The van der Waals surface area contributed by atoms with Crippen molar-refractivity contribution in [2.24, 2.45) is 0 Å². The summed E-state index contributed by atoms with van der Waals surface area (Å²) in [6.07, 6.45) is 4.37. The molecular weight excluding hydrogens is 689 g/mol. The van der Waals surface area contributed by atoms with Gasteiger partial charge in [-0.3, -0.25) is 0 Å². The number of nitrogens with zero attached hydrogens (tertiary/aromatic N) is 2. The van der Waals surface area contributed by atoms with Gasteiger partial charge in [-0.15, -0.1) is 0 Å². The van der Waals surface area contributed by atoms with Crippen LogP contribution in [0.4, 0.5) is 34.1 Å². The first kappa shape index (κ1) is 37.0. The lowest BCUT2D eigenvalue weighted by molar-refractivity contribution is 0.590. The SMILES string of the molecule is Cc1ccc(N(c2ccc(-c3ccc(/C=C/c4ccc(-c5ccc(N(c6ccccc6)c6ccccc6)cc5)cc4)cc3)cc2)c2ccc(C(C)(C)C)cc2)cc1. The second-order valence-electron chi connectivity index (χ2n) is 15.6. The van der Waals surface area contributed by atoms with Crippen molar-refractivity contribution >= 4 is 46.3 Å². The highest BCUT2D eigenvalue weighted by molar-refractivity contribution is 5.81. The van der Waals surface area contributed by atoms with Crippen LogP contribution in [0.15, 0.2) is 206 Å². The minimum Gasteiger partial charge on any atom is -0.311 e. The number of aryl methyl sites for hydroxylation is 1. The Morgan fingerprint density at radius 2 is 0.596 bits per heavy atom. The number of benzene rings is 8. The van der Waals surface area contributed by atoms with Crippen molar-refractivity contribution in [3.63, 3.8) is 0 Å². The van der Waals surface area contributed by atoms with Crippen LogP contribution in [0.3, 0.4) is 0 Å². The van der Waals surface area contributed by atoms with Crippen molar-refractivity contribution in [2.45, 2.75) is 33.1 Å². The van der Waals surface area contributed by atoms with Gasteiger partial charge in [-0.05, 0) is 124 Å². The first-order valence-corrected chi connectivity index (χ1v) is 19.8. The van der Waals surface area contributed by atoms with Crippen molar-refractivity contribution in [2.75, 3.05) is 9.80 Å². The topological polar surface area (TPSA) is 6.48 Å². The van der Waals surface area contributed by atoms with Crippen LogP contribution in [0, 0.1) is 6.92 Å². The van der Waals surface area contributed by atoms with E-state index in [1.807, 2.05) is 0 Å². The summed E-state index contributed by atoms with van der Waals surface area (Å²) in [4.78, 5) is 4.62. The van der Waals surface area contributed by atoms with Crippen LogP contribution in [-0.2, 0) is 5.41 Å². The largest absolute Gasteiger partial charge is 0.311 e. The summed E-state index contributed by atoms with van der Waals surface area (Å²) in [7, 11) is 0. The molecular formula is C55H48N2. The summed E-state index contributed by atoms with van der Waals surface area (Å²) >= 11 is 0. The molecule has 0 unspecified atom stereocenters. The van der Waals surface area contributed by atoms with Crippen LogP contribution >= 0.6 is 0 Å². The fourth-order valence-electron chi connectivity index (χ4n) is 7.22. The van der Waals surface area contributed by atoms with Crippen LogP contribution in [0.25, 0.3) is 34.4 Å². The number of anilines is 6. The molecule has 278 valence electrons. The Labute approximate surface area is 338 Å². The molecule has 0 aliphatic heterocycles. The van der Waals surface area contributed by atoms with E-state index in [4.69, 9.17) is 0 Å². The van der Waals surface area contributed by atoms with E-state index in [0.717, 1.165) is 34.1 Å². The van der Waals surface area contributed by atoms with Crippen LogP contribution in [0.2, 0.25) is 0 Å². The number of hydrogen-bond donors (Lipinski definition) is 0. The van der Waals surface area contributed by atoms with E-state index >= 15 is 0 Å². The molecule has 0 saturated heterocycles. The molecule has 57 heavy (non-hydrogen) atoms. The molecule has 0 amide bonds. The Morgan fingerprint density at radius 1 is 0.316 bits per heavy atom. The van der Waals surface area contributed by atoms with Crippen LogP contribution in [0.1, 0.15) is 43.0 Å². The first-order valence-electron chi connectivity index (χ1n) is 19.8. The molecule has 2 heteroatoms. The lowest BCUT2D eigenvalue weighted by atomic mass is 9.87. The third kappa shape index (κ3) is 8.67. The van der Waals surface area contributed by atoms with Gasteiger partial charge in [0.05, 0.1) is 0 Å². The van der Waals surface area contributed by atoms with Gasteiger partial charge in [-0.1, -0.05) is 172 Å². The highest BCUT2D eigenvalue weighted by Crippen LogP contribution is 2.38. The van der Waals surface area contributed by atoms with Gasteiger partial charge in [0.1, 0.15) is 0 Å². The van der Waals surface area contributed by atoms with Crippen molar-refractivity contribution in [3.8, 4) is 22.3 Å². The highest BCUT2D eigenvalue weighted by Gasteiger charge is 2.17. The van der Waals surface area contributed by atoms with E-state index in [-0.39, 0.29) is 5.41 Å². The predicted molar refractivity (Wildman–Crippen MR) is 245 cm³/mol. The van der Waals surface area contributed by atoms with E-state index < -0.39 is 0 Å². The Hall–Kier alpha value is -6.90. The summed E-state index contributed by atoms with van der Waals surface area (Å²) in [5.41, 5.74) is 16.6. The normalized spacial score (nSPS) is 11.4. The predicted octanol–water partition coefficient (Wildman–Crippen LogP) is 15.7. The lowest BCUT2D eigenvalue weighted by Crippen LogP contribution is -2.13. The Balaban J connectivity index is 0.943. The highest BCUT2D eigenvalue weighted by atomic mass is 15.1. The fourth-order valence-corrected chi connectivity index (χ4v) is 7.22. The minimum absolute atomic E-state index is 0.108. The van der Waals surface area contributed by atoms with E-state index in [1.54, 1.807) is 0 Å². The molecule has 0 aromatic heterocycles. The maximum atomic E-state index is 2.33. The molecule has 0 N–H and O–H groups in total. The number of para-hydroxylation sites is 2. The number of hydrogen-bond acceptors (Lipinski definition) is 2. The molecule has 0 aliphatic rings. The maximum absolute atomic E-state index is 2.33. The molecule has 0 heterocycles. The van der Waals surface area contributed by atoms with E-state index in [9.17, 15) is 0 Å². The zero-order chi connectivity index (χ0) is 39.2. The zero-order valence-corrected chi connectivity index (χ0v) is 33.2. The lowest BCUT2D eigenvalue weighted by Gasteiger charge is -2.27. The smallest absolute Gasteiger partial charge is 0.0462 e. The molecule has 2 nitrogen and oxygen atoms in total. The molecule has 8 rings (SSSR count). The summed E-state index contributed by atoms with van der Waals surface area (Å²) in [5, 5.41) is 0. The van der Waals surface area contributed by atoms with Gasteiger partial charge in [0.2, 0.25) is 0 Å². The molecule has 0 radical (unpaired) electrons. The number of rotatable bonds is 10. The van der Waals surface area contributed by atoms with Gasteiger partial charge in [0, 0.05) is 34.1 Å². The third-order valence-corrected chi connectivity index (χ3v) is 10.5. The quantitative estimate of drug-likeness (QED) is 0.129. The molecule has 0 spiro atoms. The molecule has 8 aromatic carbocycles.